The van der Waals surface area contributed by atoms with Crippen LogP contribution < -0.4 is 5.73 Å². The highest BCUT2D eigenvalue weighted by Gasteiger charge is 2.31. The molecule has 8 heteroatoms. The second-order valence-corrected chi connectivity index (χ2v) is 6.62. The Hall–Kier alpha value is -1.64. The molecule has 1 atom stereocenters. The number of aliphatic hydroxyl groups excluding tert-OH is 1. The number of carbonyl (C=O) groups is 1. The molecule has 0 aromatic heterocycles. The van der Waals surface area contributed by atoms with Crippen molar-refractivity contribution in [2.75, 3.05) is 18.8 Å². The zero-order valence-electron chi connectivity index (χ0n) is 10.7. The number of nitrogens with two attached hydrogens (primary N) is 1. The summed E-state index contributed by atoms with van der Waals surface area (Å²) in [7, 11) is -3.81. The molecule has 0 bridgehead atoms. The quantitative estimate of drug-likeness (QED) is 0.681. The van der Waals surface area contributed by atoms with E-state index < -0.39 is 22.1 Å². The molecule has 1 heterocycles. The first-order valence-corrected chi connectivity index (χ1v) is 7.57. The predicted molar refractivity (Wildman–Crippen MR) is 71.8 cm³/mol. The standard InChI is InChI=1S/C12H16N2O5S/c13-10-6-8(12(16)17)3-4-11(10)20(18,19)14-5-1-2-9(15)7-14/h3-4,6,9,15H,1-2,5,7,13H2,(H,16,17)/t9-/m0/s1. The lowest BCUT2D eigenvalue weighted by Gasteiger charge is -2.29. The van der Waals surface area contributed by atoms with Crippen molar-refractivity contribution in [3.05, 3.63) is 23.8 Å². The van der Waals surface area contributed by atoms with E-state index in [-0.39, 0.29) is 22.7 Å². The van der Waals surface area contributed by atoms with Gasteiger partial charge in [-0.05, 0) is 31.0 Å². The molecule has 2 rings (SSSR count). The van der Waals surface area contributed by atoms with Gasteiger partial charge >= 0.3 is 5.97 Å². The van der Waals surface area contributed by atoms with Gasteiger partial charge in [0, 0.05) is 13.1 Å². The fraction of sp³-hybridized carbons (Fsp3) is 0.417. The molecule has 4 N–H and O–H groups in total. The van der Waals surface area contributed by atoms with Gasteiger partial charge in [0.05, 0.1) is 17.4 Å². The Kier molecular flexibility index (Phi) is 3.98. The number of aliphatic hydroxyl groups is 1. The molecule has 0 radical (unpaired) electrons. The number of piperidine rings is 1. The van der Waals surface area contributed by atoms with E-state index in [1.165, 1.54) is 16.4 Å². The van der Waals surface area contributed by atoms with E-state index in [1.807, 2.05) is 0 Å². The third kappa shape index (κ3) is 2.77. The Balaban J connectivity index is 2.36. The van der Waals surface area contributed by atoms with Crippen molar-refractivity contribution in [1.82, 2.24) is 4.31 Å². The number of carboxylic acids is 1. The van der Waals surface area contributed by atoms with Crippen LogP contribution in [0.4, 0.5) is 5.69 Å². The molecular formula is C12H16N2O5S. The molecule has 1 saturated heterocycles. The highest BCUT2D eigenvalue weighted by molar-refractivity contribution is 7.89. The summed E-state index contributed by atoms with van der Waals surface area (Å²) >= 11 is 0. The molecule has 1 aromatic carbocycles. The van der Waals surface area contributed by atoms with Gasteiger partial charge in [-0.2, -0.15) is 4.31 Å². The third-order valence-electron chi connectivity index (χ3n) is 3.23. The number of nitrogen functional groups attached to an aromatic ring is 1. The smallest absolute Gasteiger partial charge is 0.335 e. The van der Waals surface area contributed by atoms with Gasteiger partial charge in [-0.15, -0.1) is 0 Å². The number of rotatable bonds is 3. The average Bonchev–Trinajstić information content (AvgIpc) is 2.38. The third-order valence-corrected chi connectivity index (χ3v) is 5.17. The van der Waals surface area contributed by atoms with Crippen molar-refractivity contribution in [1.29, 1.82) is 0 Å². The van der Waals surface area contributed by atoms with E-state index in [4.69, 9.17) is 10.8 Å². The highest BCUT2D eigenvalue weighted by atomic mass is 32.2. The van der Waals surface area contributed by atoms with E-state index >= 15 is 0 Å². The molecular weight excluding hydrogens is 284 g/mol. The van der Waals surface area contributed by atoms with Crippen LogP contribution in [0.15, 0.2) is 23.1 Å². The number of carboxylic acid groups (broad SMARTS) is 1. The number of β-amino-alcohol motifs (C(OH)–C–C–N with tert-alkyl or cyclic N) is 1. The second-order valence-electron chi connectivity index (χ2n) is 4.72. The zero-order chi connectivity index (χ0) is 14.9. The lowest BCUT2D eigenvalue weighted by Crippen LogP contribution is -2.42. The summed E-state index contributed by atoms with van der Waals surface area (Å²) < 4.78 is 26.0. The molecule has 20 heavy (non-hydrogen) atoms. The zero-order valence-corrected chi connectivity index (χ0v) is 11.5. The summed E-state index contributed by atoms with van der Waals surface area (Å²) in [5.74, 6) is -1.17. The van der Waals surface area contributed by atoms with Crippen LogP contribution in [0.25, 0.3) is 0 Å². The van der Waals surface area contributed by atoms with E-state index in [2.05, 4.69) is 0 Å². The molecule has 7 nitrogen and oxygen atoms in total. The molecule has 110 valence electrons. The number of hydrogen-bond acceptors (Lipinski definition) is 5. The number of anilines is 1. The molecule has 0 spiro atoms. The van der Waals surface area contributed by atoms with E-state index in [0.717, 1.165) is 6.07 Å². The Morgan fingerprint density at radius 3 is 2.65 bits per heavy atom. The van der Waals surface area contributed by atoms with Gasteiger partial charge in [0.2, 0.25) is 10.0 Å². The van der Waals surface area contributed by atoms with Crippen LogP contribution in [0.1, 0.15) is 23.2 Å². The van der Waals surface area contributed by atoms with Crippen LogP contribution in [0, 0.1) is 0 Å². The average molecular weight is 300 g/mol. The minimum Gasteiger partial charge on any atom is -0.478 e. The van der Waals surface area contributed by atoms with Gasteiger partial charge in [0.15, 0.2) is 0 Å². The van der Waals surface area contributed by atoms with Crippen LogP contribution in [-0.2, 0) is 10.0 Å². The van der Waals surface area contributed by atoms with Gasteiger partial charge in [-0.3, -0.25) is 0 Å². The van der Waals surface area contributed by atoms with E-state index in [9.17, 15) is 18.3 Å². The van der Waals surface area contributed by atoms with Crippen molar-refractivity contribution in [2.24, 2.45) is 0 Å². The van der Waals surface area contributed by atoms with E-state index in [0.29, 0.717) is 19.4 Å². The monoisotopic (exact) mass is 300 g/mol. The molecule has 0 saturated carbocycles. The molecule has 1 aliphatic heterocycles. The van der Waals surface area contributed by atoms with Crippen molar-refractivity contribution in [2.45, 2.75) is 23.8 Å². The lowest BCUT2D eigenvalue weighted by atomic mass is 10.1. The van der Waals surface area contributed by atoms with Gasteiger partial charge in [0.1, 0.15) is 4.90 Å². The van der Waals surface area contributed by atoms with Crippen LogP contribution in [0.3, 0.4) is 0 Å². The number of nitrogens with zero attached hydrogens (tertiary/aromatic N) is 1. The summed E-state index contributed by atoms with van der Waals surface area (Å²) in [5.41, 5.74) is 5.48. The number of benzene rings is 1. The summed E-state index contributed by atoms with van der Waals surface area (Å²) in [6, 6.07) is 3.51. The number of aromatic carboxylic acids is 1. The minimum absolute atomic E-state index is 0.0302. The molecule has 0 unspecified atom stereocenters. The molecule has 1 fully saturated rings. The van der Waals surface area contributed by atoms with Gasteiger partial charge in [-0.25, -0.2) is 13.2 Å². The molecule has 1 aliphatic rings. The molecule has 0 aliphatic carbocycles. The summed E-state index contributed by atoms with van der Waals surface area (Å²) in [4.78, 5) is 10.7. The first-order valence-electron chi connectivity index (χ1n) is 6.13. The van der Waals surface area contributed by atoms with Crippen LogP contribution in [0.5, 0.6) is 0 Å². The Bertz CT molecular complexity index is 629. The minimum atomic E-state index is -3.81. The largest absolute Gasteiger partial charge is 0.478 e. The lowest BCUT2D eigenvalue weighted by molar-refractivity contribution is 0.0697. The van der Waals surface area contributed by atoms with Crippen molar-refractivity contribution in [3.63, 3.8) is 0 Å². The van der Waals surface area contributed by atoms with Gasteiger partial charge in [-0.1, -0.05) is 0 Å². The summed E-state index contributed by atoms with van der Waals surface area (Å²) in [5, 5.41) is 18.4. The SMILES string of the molecule is Nc1cc(C(=O)O)ccc1S(=O)(=O)N1CCC[C@H](O)C1. The molecule has 0 amide bonds. The fourth-order valence-corrected chi connectivity index (χ4v) is 3.81. The summed E-state index contributed by atoms with van der Waals surface area (Å²) in [6.45, 7) is 0.349. The predicted octanol–water partition coefficient (Wildman–Crippen LogP) is 0.112. The molecule has 1 aromatic rings. The highest BCUT2D eigenvalue weighted by Crippen LogP contribution is 2.26. The van der Waals surface area contributed by atoms with E-state index in [1.54, 1.807) is 0 Å². The number of hydrogen-bond donors (Lipinski definition) is 3. The van der Waals surface area contributed by atoms with Gasteiger partial charge in [0.25, 0.3) is 0 Å². The van der Waals surface area contributed by atoms with Crippen molar-refractivity contribution >= 4 is 21.7 Å². The van der Waals surface area contributed by atoms with Crippen LogP contribution >= 0.6 is 0 Å². The maximum absolute atomic E-state index is 12.4. The second kappa shape index (κ2) is 5.39. The Morgan fingerprint density at radius 2 is 2.10 bits per heavy atom. The van der Waals surface area contributed by atoms with Crippen molar-refractivity contribution < 1.29 is 23.4 Å². The van der Waals surface area contributed by atoms with Crippen LogP contribution in [-0.4, -0.2) is 48.1 Å². The normalized spacial score (nSPS) is 20.8. The Morgan fingerprint density at radius 1 is 1.40 bits per heavy atom. The summed E-state index contributed by atoms with van der Waals surface area (Å²) in [6.07, 6.45) is 0.463. The fourth-order valence-electron chi connectivity index (χ4n) is 2.19. The van der Waals surface area contributed by atoms with Crippen molar-refractivity contribution in [3.8, 4) is 0 Å². The maximum atomic E-state index is 12.4. The topological polar surface area (TPSA) is 121 Å². The Labute approximate surface area is 116 Å². The van der Waals surface area contributed by atoms with Crippen LogP contribution in [0.2, 0.25) is 0 Å². The maximum Gasteiger partial charge on any atom is 0.335 e. The first-order chi connectivity index (χ1) is 9.32. The first kappa shape index (κ1) is 14.8. The number of sulfonamides is 1. The van der Waals surface area contributed by atoms with Gasteiger partial charge < -0.3 is 15.9 Å².